The van der Waals surface area contributed by atoms with E-state index in [0.717, 1.165) is 24.9 Å². The molecule has 0 fully saturated rings. The average Bonchev–Trinajstić information content (AvgIpc) is 3.27. The Morgan fingerprint density at radius 2 is 1.44 bits per heavy atom. The molecule has 0 bridgehead atoms. The Balaban J connectivity index is 1.49. The number of aryl methyl sites for hydroxylation is 2. The van der Waals surface area contributed by atoms with Crippen LogP contribution in [0.5, 0.6) is 0 Å². The standard InChI is InChI=1S/C29H29N3/c1-31(26-19-18-24-17-16-23-14-9-15-25(26)28(23)24)29(30)32(2)27(22-12-7-4-8-13-22)20-21-10-5-3-6-11-21/h3-15,18-19,27,30H,16-17,20H2,1-2H3. The van der Waals surface area contributed by atoms with Crippen molar-refractivity contribution in [2.45, 2.75) is 25.3 Å². The maximum Gasteiger partial charge on any atom is 0.198 e. The van der Waals surface area contributed by atoms with E-state index in [1.807, 2.05) is 25.1 Å². The highest BCUT2D eigenvalue weighted by molar-refractivity contribution is 6.06. The minimum absolute atomic E-state index is 0.0744. The number of likely N-dealkylation sites (N-methyl/N-ethyl adjacent to an activating group) is 1. The second-order valence-corrected chi connectivity index (χ2v) is 8.69. The lowest BCUT2D eigenvalue weighted by molar-refractivity contribution is 0.364. The van der Waals surface area contributed by atoms with Crippen LogP contribution in [0, 0.1) is 5.41 Å². The van der Waals surface area contributed by atoms with Gasteiger partial charge in [0.25, 0.3) is 0 Å². The van der Waals surface area contributed by atoms with Crippen LogP contribution in [-0.4, -0.2) is 25.0 Å². The average molecular weight is 420 g/mol. The number of benzene rings is 4. The molecule has 0 spiro atoms. The van der Waals surface area contributed by atoms with Crippen LogP contribution in [0.4, 0.5) is 5.69 Å². The van der Waals surface area contributed by atoms with Crippen molar-refractivity contribution in [3.63, 3.8) is 0 Å². The molecule has 1 atom stereocenters. The van der Waals surface area contributed by atoms with Gasteiger partial charge < -0.3 is 9.80 Å². The summed E-state index contributed by atoms with van der Waals surface area (Å²) in [6.07, 6.45) is 3.08. The van der Waals surface area contributed by atoms with Gasteiger partial charge in [-0.3, -0.25) is 5.41 Å². The maximum atomic E-state index is 9.13. The second-order valence-electron chi connectivity index (χ2n) is 8.69. The van der Waals surface area contributed by atoms with Crippen LogP contribution in [0.1, 0.15) is 28.3 Å². The van der Waals surface area contributed by atoms with E-state index in [4.69, 9.17) is 5.41 Å². The molecule has 4 aromatic rings. The first kappa shape index (κ1) is 20.3. The Labute approximate surface area is 190 Å². The van der Waals surface area contributed by atoms with E-state index in [-0.39, 0.29) is 6.04 Å². The second kappa shape index (κ2) is 8.51. The normalized spacial score (nSPS) is 13.2. The van der Waals surface area contributed by atoms with E-state index >= 15 is 0 Å². The predicted octanol–water partition coefficient (Wildman–Crippen LogP) is 6.23. The molecule has 0 heterocycles. The fraction of sp³-hybridized carbons (Fsp3) is 0.207. The van der Waals surface area contributed by atoms with Crippen molar-refractivity contribution in [1.29, 1.82) is 5.41 Å². The first-order chi connectivity index (χ1) is 15.6. The summed E-state index contributed by atoms with van der Waals surface area (Å²) in [6.45, 7) is 0. The molecule has 3 heteroatoms. The first-order valence-corrected chi connectivity index (χ1v) is 11.3. The predicted molar refractivity (Wildman–Crippen MR) is 135 cm³/mol. The van der Waals surface area contributed by atoms with E-state index in [1.165, 1.54) is 33.0 Å². The summed E-state index contributed by atoms with van der Waals surface area (Å²) in [6, 6.07) is 32.2. The summed E-state index contributed by atoms with van der Waals surface area (Å²) in [5, 5.41) is 11.8. The topological polar surface area (TPSA) is 30.3 Å². The van der Waals surface area contributed by atoms with Crippen molar-refractivity contribution in [3.8, 4) is 0 Å². The Hall–Kier alpha value is -3.59. The smallest absolute Gasteiger partial charge is 0.198 e. The zero-order valence-electron chi connectivity index (χ0n) is 18.8. The highest BCUT2D eigenvalue weighted by atomic mass is 15.4. The Morgan fingerprint density at radius 3 is 2.16 bits per heavy atom. The largest absolute Gasteiger partial charge is 0.338 e. The molecule has 0 aliphatic heterocycles. The van der Waals surface area contributed by atoms with Crippen molar-refractivity contribution in [1.82, 2.24) is 4.90 Å². The Bertz CT molecular complexity index is 1240. The molecule has 160 valence electrons. The highest BCUT2D eigenvalue weighted by Gasteiger charge is 2.24. The lowest BCUT2D eigenvalue weighted by atomic mass is 9.97. The van der Waals surface area contributed by atoms with Gasteiger partial charge in [-0.25, -0.2) is 0 Å². The molecule has 1 N–H and O–H groups in total. The van der Waals surface area contributed by atoms with Gasteiger partial charge in [0.05, 0.1) is 11.7 Å². The van der Waals surface area contributed by atoms with Gasteiger partial charge in [-0.1, -0.05) is 84.9 Å². The fourth-order valence-corrected chi connectivity index (χ4v) is 5.01. The van der Waals surface area contributed by atoms with Crippen molar-refractivity contribution < 1.29 is 0 Å². The molecule has 5 rings (SSSR count). The van der Waals surface area contributed by atoms with Crippen molar-refractivity contribution >= 4 is 22.4 Å². The van der Waals surface area contributed by atoms with Gasteiger partial charge in [-0.2, -0.15) is 0 Å². The number of hydrogen-bond acceptors (Lipinski definition) is 1. The zero-order valence-corrected chi connectivity index (χ0v) is 18.8. The van der Waals surface area contributed by atoms with Gasteiger partial charge in [0, 0.05) is 19.5 Å². The third-order valence-electron chi connectivity index (χ3n) is 6.79. The molecular weight excluding hydrogens is 390 g/mol. The number of anilines is 1. The fourth-order valence-electron chi connectivity index (χ4n) is 5.01. The third kappa shape index (κ3) is 3.64. The van der Waals surface area contributed by atoms with Crippen molar-refractivity contribution in [2.75, 3.05) is 19.0 Å². The van der Waals surface area contributed by atoms with E-state index in [2.05, 4.69) is 89.8 Å². The molecule has 0 amide bonds. The lowest BCUT2D eigenvalue weighted by Gasteiger charge is -2.35. The molecule has 0 radical (unpaired) electrons. The molecule has 3 nitrogen and oxygen atoms in total. The van der Waals surface area contributed by atoms with E-state index in [9.17, 15) is 0 Å². The van der Waals surface area contributed by atoms with Gasteiger partial charge >= 0.3 is 0 Å². The lowest BCUT2D eigenvalue weighted by Crippen LogP contribution is -2.42. The SMILES string of the molecule is CN(C(=N)N(C)C(Cc1ccccc1)c1ccccc1)c1ccc2c3c(cccc13)CC2. The van der Waals surface area contributed by atoms with Gasteiger partial charge in [0.1, 0.15) is 0 Å². The van der Waals surface area contributed by atoms with Gasteiger partial charge in [0.15, 0.2) is 5.96 Å². The minimum Gasteiger partial charge on any atom is -0.338 e. The number of guanidine groups is 1. The van der Waals surface area contributed by atoms with Crippen molar-refractivity contribution in [2.24, 2.45) is 0 Å². The Morgan fingerprint density at radius 1 is 0.781 bits per heavy atom. The highest BCUT2D eigenvalue weighted by Crippen LogP contribution is 2.37. The van der Waals surface area contributed by atoms with Gasteiger partial charge in [0.2, 0.25) is 0 Å². The van der Waals surface area contributed by atoms with Crippen LogP contribution in [0.2, 0.25) is 0 Å². The monoisotopic (exact) mass is 419 g/mol. The molecule has 1 aliphatic rings. The van der Waals surface area contributed by atoms with E-state index < -0.39 is 0 Å². The summed E-state index contributed by atoms with van der Waals surface area (Å²) in [4.78, 5) is 4.13. The quantitative estimate of drug-likeness (QED) is 0.307. The van der Waals surface area contributed by atoms with Crippen LogP contribution in [0.15, 0.2) is 91.0 Å². The maximum absolute atomic E-state index is 9.13. The van der Waals surface area contributed by atoms with Gasteiger partial charge in [-0.05, 0) is 53.0 Å². The van der Waals surface area contributed by atoms with Crippen LogP contribution >= 0.6 is 0 Å². The molecule has 1 unspecified atom stereocenters. The summed E-state index contributed by atoms with van der Waals surface area (Å²) >= 11 is 0. The van der Waals surface area contributed by atoms with Gasteiger partial charge in [-0.15, -0.1) is 0 Å². The number of rotatable bonds is 5. The summed E-state index contributed by atoms with van der Waals surface area (Å²) in [7, 11) is 4.06. The first-order valence-electron chi connectivity index (χ1n) is 11.3. The van der Waals surface area contributed by atoms with Crippen LogP contribution in [0.3, 0.4) is 0 Å². The molecule has 0 saturated heterocycles. The van der Waals surface area contributed by atoms with Crippen molar-refractivity contribution in [3.05, 3.63) is 113 Å². The number of nitrogens with zero attached hydrogens (tertiary/aromatic N) is 2. The molecule has 4 aromatic carbocycles. The van der Waals surface area contributed by atoms with Crippen LogP contribution < -0.4 is 4.90 Å². The molecule has 0 saturated carbocycles. The van der Waals surface area contributed by atoms with E-state index in [1.54, 1.807) is 0 Å². The van der Waals surface area contributed by atoms with Crippen LogP contribution in [0.25, 0.3) is 10.8 Å². The minimum atomic E-state index is 0.0744. The number of hydrogen-bond donors (Lipinski definition) is 1. The molecule has 1 aliphatic carbocycles. The third-order valence-corrected chi connectivity index (χ3v) is 6.79. The summed E-state index contributed by atoms with van der Waals surface area (Å²) in [5.74, 6) is 0.494. The summed E-state index contributed by atoms with van der Waals surface area (Å²) in [5.41, 5.74) is 6.44. The summed E-state index contributed by atoms with van der Waals surface area (Å²) < 4.78 is 0. The zero-order chi connectivity index (χ0) is 22.1. The molecule has 0 aromatic heterocycles. The Kier molecular flexibility index (Phi) is 5.40. The molecular formula is C29H29N3. The van der Waals surface area contributed by atoms with Crippen LogP contribution in [-0.2, 0) is 19.3 Å². The number of nitrogens with one attached hydrogen (secondary N) is 1. The van der Waals surface area contributed by atoms with E-state index in [0.29, 0.717) is 5.96 Å². The molecule has 32 heavy (non-hydrogen) atoms.